The van der Waals surface area contributed by atoms with Crippen molar-refractivity contribution >= 4 is 11.6 Å². The number of halogens is 3. The Hall–Kier alpha value is -3.52. The fourth-order valence-electron chi connectivity index (χ4n) is 5.63. The summed E-state index contributed by atoms with van der Waals surface area (Å²) >= 11 is 0. The first-order chi connectivity index (χ1) is 18.1. The second kappa shape index (κ2) is 10.7. The van der Waals surface area contributed by atoms with Gasteiger partial charge in [-0.1, -0.05) is 36.4 Å². The van der Waals surface area contributed by atoms with Crippen molar-refractivity contribution in [2.45, 2.75) is 52.2 Å². The molecular weight excluding hydrogens is 491 g/mol. The summed E-state index contributed by atoms with van der Waals surface area (Å²) in [5.74, 6) is 0.310. The van der Waals surface area contributed by atoms with E-state index in [0.717, 1.165) is 66.8 Å². The second-order valence-electron chi connectivity index (χ2n) is 10.5. The number of ether oxygens (including phenoxy) is 1. The van der Waals surface area contributed by atoms with Crippen molar-refractivity contribution in [1.29, 1.82) is 0 Å². The predicted molar refractivity (Wildman–Crippen MR) is 140 cm³/mol. The minimum atomic E-state index is -4.72. The zero-order chi connectivity index (χ0) is 26.9. The SMILES string of the molecule is Cc1cc(CC2CCN(Cc3ccc(N)cc3)CC2)cc2c1C(=O)N(Cc1ccc(OC(F)(F)F)cc1)C2. The van der Waals surface area contributed by atoms with Crippen molar-refractivity contribution in [3.63, 3.8) is 0 Å². The molecule has 2 aliphatic heterocycles. The standard InChI is InChI=1S/C30H32F3N3O2/c1-20-14-24(15-21-10-12-35(13-11-21)17-22-2-6-26(34)7-3-22)16-25-19-36(29(37)28(20)25)18-23-4-8-27(9-5-23)38-30(31,32)33/h2-9,14,16,21H,10-13,15,17-19,34H2,1H3. The van der Waals surface area contributed by atoms with E-state index in [4.69, 9.17) is 5.73 Å². The highest BCUT2D eigenvalue weighted by Gasteiger charge is 2.32. The van der Waals surface area contributed by atoms with Gasteiger partial charge in [-0.3, -0.25) is 9.69 Å². The molecule has 2 heterocycles. The normalized spacial score (nSPS) is 16.6. The van der Waals surface area contributed by atoms with E-state index < -0.39 is 6.36 Å². The molecule has 3 aromatic carbocycles. The summed E-state index contributed by atoms with van der Waals surface area (Å²) in [6.07, 6.45) is -1.44. The first-order valence-corrected chi connectivity index (χ1v) is 13.0. The molecule has 38 heavy (non-hydrogen) atoms. The van der Waals surface area contributed by atoms with Gasteiger partial charge in [0.1, 0.15) is 5.75 Å². The number of carbonyl (C=O) groups is 1. The van der Waals surface area contributed by atoms with Gasteiger partial charge in [-0.25, -0.2) is 0 Å². The maximum atomic E-state index is 13.1. The van der Waals surface area contributed by atoms with Crippen LogP contribution in [-0.2, 0) is 26.1 Å². The summed E-state index contributed by atoms with van der Waals surface area (Å²) in [6, 6.07) is 18.1. The van der Waals surface area contributed by atoms with Crippen LogP contribution in [0.5, 0.6) is 5.75 Å². The molecule has 8 heteroatoms. The zero-order valence-corrected chi connectivity index (χ0v) is 21.4. The Morgan fingerprint density at radius 1 is 0.921 bits per heavy atom. The molecule has 5 rings (SSSR count). The number of piperidine rings is 1. The Balaban J connectivity index is 1.17. The average Bonchev–Trinajstić information content (AvgIpc) is 3.17. The lowest BCUT2D eigenvalue weighted by Gasteiger charge is -2.32. The van der Waals surface area contributed by atoms with Crippen LogP contribution in [0, 0.1) is 12.8 Å². The molecule has 0 saturated carbocycles. The van der Waals surface area contributed by atoms with Crippen LogP contribution in [0.4, 0.5) is 18.9 Å². The maximum absolute atomic E-state index is 13.1. The molecule has 3 aromatic rings. The third-order valence-corrected chi connectivity index (χ3v) is 7.49. The quantitative estimate of drug-likeness (QED) is 0.381. The zero-order valence-electron chi connectivity index (χ0n) is 21.4. The first kappa shape index (κ1) is 26.1. The number of nitrogens with zero attached hydrogens (tertiary/aromatic N) is 2. The summed E-state index contributed by atoms with van der Waals surface area (Å²) in [7, 11) is 0. The largest absolute Gasteiger partial charge is 0.573 e. The average molecular weight is 524 g/mol. The van der Waals surface area contributed by atoms with E-state index in [-0.39, 0.29) is 11.7 Å². The highest BCUT2D eigenvalue weighted by molar-refractivity contribution is 5.99. The number of anilines is 1. The lowest BCUT2D eigenvalue weighted by Crippen LogP contribution is -2.33. The number of carbonyl (C=O) groups excluding carboxylic acids is 1. The van der Waals surface area contributed by atoms with E-state index >= 15 is 0 Å². The van der Waals surface area contributed by atoms with Gasteiger partial charge in [0, 0.05) is 30.9 Å². The molecule has 0 spiro atoms. The highest BCUT2D eigenvalue weighted by Crippen LogP contribution is 2.31. The molecule has 0 radical (unpaired) electrons. The summed E-state index contributed by atoms with van der Waals surface area (Å²) < 4.78 is 41.2. The van der Waals surface area contributed by atoms with Gasteiger partial charge in [-0.15, -0.1) is 13.2 Å². The fraction of sp³-hybridized carbons (Fsp3) is 0.367. The summed E-state index contributed by atoms with van der Waals surface area (Å²) in [5.41, 5.74) is 12.7. The van der Waals surface area contributed by atoms with E-state index in [2.05, 4.69) is 33.9 Å². The number of nitrogen functional groups attached to an aromatic ring is 1. The molecular formula is C30H32F3N3O2. The van der Waals surface area contributed by atoms with Gasteiger partial charge in [0.05, 0.1) is 0 Å². The Morgan fingerprint density at radius 2 is 1.55 bits per heavy atom. The predicted octanol–water partition coefficient (Wildman–Crippen LogP) is 6.09. The van der Waals surface area contributed by atoms with Gasteiger partial charge in [0.15, 0.2) is 0 Å². The van der Waals surface area contributed by atoms with Crippen molar-refractivity contribution in [1.82, 2.24) is 9.80 Å². The third-order valence-electron chi connectivity index (χ3n) is 7.49. The van der Waals surface area contributed by atoms with Gasteiger partial charge >= 0.3 is 6.36 Å². The van der Waals surface area contributed by atoms with E-state index in [0.29, 0.717) is 19.0 Å². The van der Waals surface area contributed by atoms with E-state index in [1.807, 2.05) is 19.1 Å². The van der Waals surface area contributed by atoms with Gasteiger partial charge in [-0.05, 0) is 97.3 Å². The monoisotopic (exact) mass is 523 g/mol. The number of benzene rings is 3. The first-order valence-electron chi connectivity index (χ1n) is 13.0. The van der Waals surface area contributed by atoms with Gasteiger partial charge in [-0.2, -0.15) is 0 Å². The highest BCUT2D eigenvalue weighted by atomic mass is 19.4. The van der Waals surface area contributed by atoms with Crippen LogP contribution in [0.3, 0.4) is 0 Å². The number of hydrogen-bond acceptors (Lipinski definition) is 4. The van der Waals surface area contributed by atoms with E-state index in [1.54, 1.807) is 17.0 Å². The van der Waals surface area contributed by atoms with E-state index in [1.165, 1.54) is 23.3 Å². The van der Waals surface area contributed by atoms with Crippen molar-refractivity contribution in [3.05, 3.63) is 94.0 Å². The van der Waals surface area contributed by atoms with Gasteiger partial charge < -0.3 is 15.4 Å². The Morgan fingerprint density at radius 3 is 2.21 bits per heavy atom. The molecule has 200 valence electrons. The number of fused-ring (bicyclic) bond motifs is 1. The van der Waals surface area contributed by atoms with Crippen LogP contribution in [0.1, 0.15) is 51.0 Å². The molecule has 0 bridgehead atoms. The van der Waals surface area contributed by atoms with Crippen LogP contribution in [-0.4, -0.2) is 35.2 Å². The summed E-state index contributed by atoms with van der Waals surface area (Å²) in [4.78, 5) is 17.4. The number of aryl methyl sites for hydroxylation is 1. The summed E-state index contributed by atoms with van der Waals surface area (Å²) in [6.45, 7) is 5.91. The lowest BCUT2D eigenvalue weighted by atomic mass is 9.88. The number of rotatable bonds is 7. The van der Waals surface area contributed by atoms with Crippen LogP contribution in [0.25, 0.3) is 0 Å². The van der Waals surface area contributed by atoms with Crippen molar-refractivity contribution in [2.24, 2.45) is 5.92 Å². The molecule has 2 N–H and O–H groups in total. The molecule has 1 amide bonds. The van der Waals surface area contributed by atoms with Crippen LogP contribution in [0.2, 0.25) is 0 Å². The summed E-state index contributed by atoms with van der Waals surface area (Å²) in [5, 5.41) is 0. The Bertz CT molecular complexity index is 1280. The lowest BCUT2D eigenvalue weighted by molar-refractivity contribution is -0.274. The van der Waals surface area contributed by atoms with E-state index in [9.17, 15) is 18.0 Å². The number of hydrogen-bond donors (Lipinski definition) is 1. The maximum Gasteiger partial charge on any atom is 0.573 e. The smallest absolute Gasteiger partial charge is 0.406 e. The molecule has 0 atom stereocenters. The third kappa shape index (κ3) is 6.30. The van der Waals surface area contributed by atoms with Crippen molar-refractivity contribution < 1.29 is 22.7 Å². The molecule has 2 aliphatic rings. The van der Waals surface area contributed by atoms with Crippen LogP contribution >= 0.6 is 0 Å². The molecule has 1 fully saturated rings. The van der Waals surface area contributed by atoms with Gasteiger partial charge in [0.2, 0.25) is 0 Å². The van der Waals surface area contributed by atoms with Crippen molar-refractivity contribution in [3.8, 4) is 5.75 Å². The van der Waals surface area contributed by atoms with Crippen LogP contribution < -0.4 is 10.5 Å². The molecule has 0 aromatic heterocycles. The fourth-order valence-corrected chi connectivity index (χ4v) is 5.63. The molecule has 0 aliphatic carbocycles. The second-order valence-corrected chi connectivity index (χ2v) is 10.5. The number of likely N-dealkylation sites (tertiary alicyclic amines) is 1. The Labute approximate surface area is 221 Å². The minimum absolute atomic E-state index is 0.0318. The molecule has 0 unspecified atom stereocenters. The Kier molecular flexibility index (Phi) is 7.34. The van der Waals surface area contributed by atoms with Crippen LogP contribution in [0.15, 0.2) is 60.7 Å². The number of amides is 1. The molecule has 5 nitrogen and oxygen atoms in total. The topological polar surface area (TPSA) is 58.8 Å². The molecule has 1 saturated heterocycles. The van der Waals surface area contributed by atoms with Gasteiger partial charge in [0.25, 0.3) is 5.91 Å². The van der Waals surface area contributed by atoms with Crippen molar-refractivity contribution in [2.75, 3.05) is 18.8 Å². The number of nitrogens with two attached hydrogens (primary N) is 1. The minimum Gasteiger partial charge on any atom is -0.406 e. The number of alkyl halides is 3.